The predicted molar refractivity (Wildman–Crippen MR) is 70.3 cm³/mol. The van der Waals surface area contributed by atoms with Crippen LogP contribution in [-0.2, 0) is 6.54 Å². The predicted octanol–water partition coefficient (Wildman–Crippen LogP) is 3.59. The van der Waals surface area contributed by atoms with E-state index in [9.17, 15) is 0 Å². The van der Waals surface area contributed by atoms with E-state index >= 15 is 0 Å². The Morgan fingerprint density at radius 1 is 1.53 bits per heavy atom. The molecule has 0 saturated carbocycles. The minimum Gasteiger partial charge on any atom is -0.379 e. The topological polar surface area (TPSA) is 48.7 Å². The van der Waals surface area contributed by atoms with Gasteiger partial charge in [0.2, 0.25) is 0 Å². The molecule has 0 unspecified atom stereocenters. The van der Waals surface area contributed by atoms with Crippen molar-refractivity contribution in [3.8, 4) is 6.07 Å². The fourth-order valence-electron chi connectivity index (χ4n) is 1.43. The highest BCUT2D eigenvalue weighted by Crippen LogP contribution is 2.22. The summed E-state index contributed by atoms with van der Waals surface area (Å²) in [5, 5.41) is 13.8. The number of hydrogen-bond acceptors (Lipinski definition) is 4. The van der Waals surface area contributed by atoms with Crippen LogP contribution < -0.4 is 5.32 Å². The summed E-state index contributed by atoms with van der Waals surface area (Å²) in [7, 11) is 0. The Kier molecular flexibility index (Phi) is 3.62. The van der Waals surface area contributed by atoms with Gasteiger partial charge in [-0.3, -0.25) is 0 Å². The molecule has 0 atom stereocenters. The van der Waals surface area contributed by atoms with Gasteiger partial charge >= 0.3 is 0 Å². The number of thiazole rings is 1. The van der Waals surface area contributed by atoms with Crippen molar-refractivity contribution in [1.82, 2.24) is 4.98 Å². The van der Waals surface area contributed by atoms with Crippen LogP contribution in [0.4, 0.5) is 5.69 Å². The number of rotatable bonds is 3. The largest absolute Gasteiger partial charge is 0.379 e. The summed E-state index contributed by atoms with van der Waals surface area (Å²) in [6, 6.07) is 7.31. The van der Waals surface area contributed by atoms with E-state index in [0.717, 1.165) is 15.6 Å². The van der Waals surface area contributed by atoms with Gasteiger partial charge in [-0.1, -0.05) is 11.6 Å². The lowest BCUT2D eigenvalue weighted by atomic mass is 10.2. The van der Waals surface area contributed by atoms with Gasteiger partial charge < -0.3 is 5.32 Å². The SMILES string of the molecule is Cc1ncc(CNc2cc(Cl)ccc2C#N)s1. The van der Waals surface area contributed by atoms with Gasteiger partial charge in [0.25, 0.3) is 0 Å². The molecule has 0 amide bonds. The highest BCUT2D eigenvalue weighted by molar-refractivity contribution is 7.11. The molecule has 0 fully saturated rings. The molecule has 1 aromatic carbocycles. The Bertz CT molecular complexity index is 571. The van der Waals surface area contributed by atoms with E-state index in [1.165, 1.54) is 0 Å². The third kappa shape index (κ3) is 2.96. The highest BCUT2D eigenvalue weighted by atomic mass is 35.5. The average molecular weight is 264 g/mol. The van der Waals surface area contributed by atoms with Crippen LogP contribution in [0.25, 0.3) is 0 Å². The van der Waals surface area contributed by atoms with E-state index < -0.39 is 0 Å². The van der Waals surface area contributed by atoms with Crippen molar-refractivity contribution < 1.29 is 0 Å². The Labute approximate surface area is 109 Å². The summed E-state index contributed by atoms with van der Waals surface area (Å²) in [5.74, 6) is 0. The van der Waals surface area contributed by atoms with Crippen molar-refractivity contribution in [3.63, 3.8) is 0 Å². The lowest BCUT2D eigenvalue weighted by Gasteiger charge is -2.06. The monoisotopic (exact) mass is 263 g/mol. The van der Waals surface area contributed by atoms with Crippen LogP contribution in [-0.4, -0.2) is 4.98 Å². The molecule has 0 saturated heterocycles. The summed E-state index contributed by atoms with van der Waals surface area (Å²) in [6.45, 7) is 2.62. The number of nitrogens with zero attached hydrogens (tertiary/aromatic N) is 2. The van der Waals surface area contributed by atoms with Crippen LogP contribution in [0, 0.1) is 18.3 Å². The number of aromatic nitrogens is 1. The maximum absolute atomic E-state index is 8.97. The van der Waals surface area contributed by atoms with Gasteiger partial charge in [0.05, 0.1) is 22.8 Å². The van der Waals surface area contributed by atoms with Crippen molar-refractivity contribution in [2.45, 2.75) is 13.5 Å². The molecule has 5 heteroatoms. The molecular weight excluding hydrogens is 254 g/mol. The maximum Gasteiger partial charge on any atom is 0.101 e. The standard InChI is InChI=1S/C12H10ClN3S/c1-8-15-6-11(17-8)7-16-12-4-10(13)3-2-9(12)5-14/h2-4,6,16H,7H2,1H3. The molecular formula is C12H10ClN3S. The van der Waals surface area contributed by atoms with Gasteiger partial charge in [0.15, 0.2) is 0 Å². The Hall–Kier alpha value is -1.57. The molecule has 0 aliphatic carbocycles. The third-order valence-electron chi connectivity index (χ3n) is 2.22. The summed E-state index contributed by atoms with van der Waals surface area (Å²) in [4.78, 5) is 5.31. The quantitative estimate of drug-likeness (QED) is 0.921. The molecule has 0 aliphatic heterocycles. The Balaban J connectivity index is 2.13. The zero-order chi connectivity index (χ0) is 12.3. The zero-order valence-electron chi connectivity index (χ0n) is 9.20. The molecule has 0 spiro atoms. The van der Waals surface area contributed by atoms with E-state index in [4.69, 9.17) is 16.9 Å². The second-order valence-corrected chi connectivity index (χ2v) is 5.26. The lowest BCUT2D eigenvalue weighted by Crippen LogP contribution is -1.99. The second kappa shape index (κ2) is 5.17. The number of benzene rings is 1. The molecule has 0 aliphatic rings. The highest BCUT2D eigenvalue weighted by Gasteiger charge is 2.04. The minimum atomic E-state index is 0.593. The van der Waals surface area contributed by atoms with E-state index in [1.54, 1.807) is 29.5 Å². The van der Waals surface area contributed by atoms with Crippen molar-refractivity contribution in [1.29, 1.82) is 5.26 Å². The van der Waals surface area contributed by atoms with Crippen molar-refractivity contribution in [3.05, 3.63) is 44.9 Å². The Morgan fingerprint density at radius 2 is 2.35 bits per heavy atom. The molecule has 86 valence electrons. The number of nitrogens with one attached hydrogen (secondary N) is 1. The molecule has 1 aromatic heterocycles. The van der Waals surface area contributed by atoms with E-state index in [1.807, 2.05) is 13.1 Å². The Morgan fingerprint density at radius 3 is 3.00 bits per heavy atom. The number of hydrogen-bond donors (Lipinski definition) is 1. The molecule has 3 nitrogen and oxygen atoms in total. The minimum absolute atomic E-state index is 0.593. The summed E-state index contributed by atoms with van der Waals surface area (Å²) >= 11 is 7.54. The number of anilines is 1. The lowest BCUT2D eigenvalue weighted by molar-refractivity contribution is 1.16. The van der Waals surface area contributed by atoms with Crippen molar-refractivity contribution >= 4 is 28.6 Å². The van der Waals surface area contributed by atoms with Gasteiger partial charge in [0, 0.05) is 16.1 Å². The van der Waals surface area contributed by atoms with Crippen LogP contribution >= 0.6 is 22.9 Å². The van der Waals surface area contributed by atoms with Gasteiger partial charge in [0.1, 0.15) is 6.07 Å². The third-order valence-corrected chi connectivity index (χ3v) is 3.37. The molecule has 0 bridgehead atoms. The normalized spacial score (nSPS) is 9.94. The fourth-order valence-corrected chi connectivity index (χ4v) is 2.34. The van der Waals surface area contributed by atoms with Crippen molar-refractivity contribution in [2.75, 3.05) is 5.32 Å². The maximum atomic E-state index is 8.97. The number of aryl methyl sites for hydroxylation is 1. The zero-order valence-corrected chi connectivity index (χ0v) is 10.8. The first-order valence-corrected chi connectivity index (χ1v) is 6.23. The van der Waals surface area contributed by atoms with Crippen LogP contribution in [0.3, 0.4) is 0 Å². The second-order valence-electron chi connectivity index (χ2n) is 3.50. The van der Waals surface area contributed by atoms with Crippen LogP contribution in [0.1, 0.15) is 15.4 Å². The van der Waals surface area contributed by atoms with E-state index in [0.29, 0.717) is 17.1 Å². The van der Waals surface area contributed by atoms with Gasteiger partial charge in [-0.15, -0.1) is 11.3 Å². The smallest absolute Gasteiger partial charge is 0.101 e. The van der Waals surface area contributed by atoms with E-state index in [-0.39, 0.29) is 0 Å². The van der Waals surface area contributed by atoms with E-state index in [2.05, 4.69) is 16.4 Å². The molecule has 1 N–H and O–H groups in total. The van der Waals surface area contributed by atoms with Crippen LogP contribution in [0.2, 0.25) is 5.02 Å². The average Bonchev–Trinajstić information content (AvgIpc) is 2.73. The number of halogens is 1. The molecule has 2 aromatic rings. The first-order chi connectivity index (χ1) is 8.19. The van der Waals surface area contributed by atoms with Crippen LogP contribution in [0.5, 0.6) is 0 Å². The molecule has 17 heavy (non-hydrogen) atoms. The van der Waals surface area contributed by atoms with Gasteiger partial charge in [-0.2, -0.15) is 5.26 Å². The molecule has 0 radical (unpaired) electrons. The van der Waals surface area contributed by atoms with Gasteiger partial charge in [-0.25, -0.2) is 4.98 Å². The van der Waals surface area contributed by atoms with Crippen molar-refractivity contribution in [2.24, 2.45) is 0 Å². The molecule has 2 rings (SSSR count). The summed E-state index contributed by atoms with van der Waals surface area (Å²) < 4.78 is 0. The van der Waals surface area contributed by atoms with Gasteiger partial charge in [-0.05, 0) is 25.1 Å². The fraction of sp³-hybridized carbons (Fsp3) is 0.167. The molecule has 1 heterocycles. The summed E-state index contributed by atoms with van der Waals surface area (Å²) in [5.41, 5.74) is 1.35. The van der Waals surface area contributed by atoms with Crippen LogP contribution in [0.15, 0.2) is 24.4 Å². The first-order valence-electron chi connectivity index (χ1n) is 5.04. The number of nitriles is 1. The first kappa shape index (κ1) is 11.9. The summed E-state index contributed by atoms with van der Waals surface area (Å²) in [6.07, 6.45) is 1.84.